The SMILES string of the molecule is c1ccc(CN2CCCC(c3ccn[nH]3)C2)nc1. The normalized spacial score (nSPS) is 21.0. The first-order valence-corrected chi connectivity index (χ1v) is 6.53. The van der Waals surface area contributed by atoms with Gasteiger partial charge in [-0.3, -0.25) is 15.0 Å². The van der Waals surface area contributed by atoms with Crippen molar-refractivity contribution < 1.29 is 0 Å². The molecule has 0 saturated carbocycles. The second-order valence-corrected chi connectivity index (χ2v) is 4.91. The van der Waals surface area contributed by atoms with Crippen molar-refractivity contribution in [3.05, 3.63) is 48.0 Å². The minimum absolute atomic E-state index is 0.588. The summed E-state index contributed by atoms with van der Waals surface area (Å²) in [6.07, 6.45) is 6.20. The van der Waals surface area contributed by atoms with Gasteiger partial charge in [0.2, 0.25) is 0 Å². The lowest BCUT2D eigenvalue weighted by Gasteiger charge is -2.31. The fourth-order valence-corrected chi connectivity index (χ4v) is 2.67. The minimum Gasteiger partial charge on any atom is -0.297 e. The van der Waals surface area contributed by atoms with E-state index in [0.29, 0.717) is 5.92 Å². The van der Waals surface area contributed by atoms with Gasteiger partial charge in [0.1, 0.15) is 0 Å². The van der Waals surface area contributed by atoms with Crippen LogP contribution >= 0.6 is 0 Å². The fraction of sp³-hybridized carbons (Fsp3) is 0.429. The number of pyridine rings is 1. The maximum absolute atomic E-state index is 4.40. The number of aromatic nitrogens is 3. The second-order valence-electron chi connectivity index (χ2n) is 4.91. The molecule has 94 valence electrons. The number of H-pyrrole nitrogens is 1. The fourth-order valence-electron chi connectivity index (χ4n) is 2.67. The highest BCUT2D eigenvalue weighted by Crippen LogP contribution is 2.25. The summed E-state index contributed by atoms with van der Waals surface area (Å²) in [7, 11) is 0. The van der Waals surface area contributed by atoms with E-state index in [1.54, 1.807) is 0 Å². The van der Waals surface area contributed by atoms with Gasteiger partial charge in [-0.2, -0.15) is 5.10 Å². The Balaban J connectivity index is 1.64. The highest BCUT2D eigenvalue weighted by molar-refractivity contribution is 5.09. The molecule has 1 saturated heterocycles. The van der Waals surface area contributed by atoms with Crippen molar-refractivity contribution in [2.45, 2.75) is 25.3 Å². The standard InChI is InChI=1S/C14H18N4/c1-2-7-15-13(5-1)11-18-9-3-4-12(10-18)14-6-8-16-17-14/h1-2,5-8,12H,3-4,9-11H2,(H,16,17). The molecule has 2 aromatic rings. The summed E-state index contributed by atoms with van der Waals surface area (Å²) in [5.74, 6) is 0.588. The van der Waals surface area contributed by atoms with Crippen LogP contribution in [0.25, 0.3) is 0 Å². The van der Waals surface area contributed by atoms with Crippen molar-refractivity contribution in [1.29, 1.82) is 0 Å². The maximum Gasteiger partial charge on any atom is 0.0543 e. The van der Waals surface area contributed by atoms with Gasteiger partial charge in [0.25, 0.3) is 0 Å². The van der Waals surface area contributed by atoms with Crippen LogP contribution < -0.4 is 0 Å². The largest absolute Gasteiger partial charge is 0.297 e. The zero-order valence-corrected chi connectivity index (χ0v) is 10.4. The molecule has 18 heavy (non-hydrogen) atoms. The zero-order chi connectivity index (χ0) is 12.2. The third-order valence-electron chi connectivity index (χ3n) is 3.58. The predicted octanol–water partition coefficient (Wildman–Crippen LogP) is 2.18. The van der Waals surface area contributed by atoms with E-state index in [9.17, 15) is 0 Å². The van der Waals surface area contributed by atoms with E-state index >= 15 is 0 Å². The van der Waals surface area contributed by atoms with Crippen molar-refractivity contribution in [2.75, 3.05) is 13.1 Å². The van der Waals surface area contributed by atoms with Crippen LogP contribution in [0.2, 0.25) is 0 Å². The molecule has 1 unspecified atom stereocenters. The summed E-state index contributed by atoms with van der Waals surface area (Å²) in [5, 5.41) is 7.15. The van der Waals surface area contributed by atoms with E-state index in [1.165, 1.54) is 25.1 Å². The second kappa shape index (κ2) is 5.31. The summed E-state index contributed by atoms with van der Waals surface area (Å²) in [5.41, 5.74) is 2.42. The Morgan fingerprint density at radius 1 is 1.28 bits per heavy atom. The van der Waals surface area contributed by atoms with Crippen LogP contribution in [0.1, 0.15) is 30.1 Å². The molecule has 1 aliphatic heterocycles. The highest BCUT2D eigenvalue weighted by atomic mass is 15.2. The van der Waals surface area contributed by atoms with E-state index in [2.05, 4.69) is 38.3 Å². The van der Waals surface area contributed by atoms with Crippen LogP contribution in [0.4, 0.5) is 0 Å². The summed E-state index contributed by atoms with van der Waals surface area (Å²) in [6, 6.07) is 8.21. The molecule has 3 heterocycles. The Hall–Kier alpha value is -1.68. The van der Waals surface area contributed by atoms with Gasteiger partial charge in [-0.1, -0.05) is 6.07 Å². The number of nitrogens with one attached hydrogen (secondary N) is 1. The smallest absolute Gasteiger partial charge is 0.0543 e. The van der Waals surface area contributed by atoms with Crippen molar-refractivity contribution in [1.82, 2.24) is 20.1 Å². The van der Waals surface area contributed by atoms with Gasteiger partial charge >= 0.3 is 0 Å². The third kappa shape index (κ3) is 2.59. The Labute approximate surface area is 107 Å². The number of piperidine rings is 1. The van der Waals surface area contributed by atoms with E-state index in [0.717, 1.165) is 18.8 Å². The number of rotatable bonds is 3. The maximum atomic E-state index is 4.40. The van der Waals surface area contributed by atoms with Crippen molar-refractivity contribution in [2.24, 2.45) is 0 Å². The van der Waals surface area contributed by atoms with Crippen LogP contribution in [0.3, 0.4) is 0 Å². The first kappa shape index (κ1) is 11.4. The average molecular weight is 242 g/mol. The Bertz CT molecular complexity index is 466. The van der Waals surface area contributed by atoms with Crippen LogP contribution in [0, 0.1) is 0 Å². The van der Waals surface area contributed by atoms with Gasteiger partial charge in [0.15, 0.2) is 0 Å². The van der Waals surface area contributed by atoms with E-state index in [4.69, 9.17) is 0 Å². The zero-order valence-electron chi connectivity index (χ0n) is 10.4. The Morgan fingerprint density at radius 3 is 3.06 bits per heavy atom. The summed E-state index contributed by atoms with van der Waals surface area (Å²) >= 11 is 0. The molecule has 4 heteroatoms. The summed E-state index contributed by atoms with van der Waals surface area (Å²) in [4.78, 5) is 6.88. The lowest BCUT2D eigenvalue weighted by Crippen LogP contribution is -2.34. The molecule has 4 nitrogen and oxygen atoms in total. The number of likely N-dealkylation sites (tertiary alicyclic amines) is 1. The van der Waals surface area contributed by atoms with Crippen molar-refractivity contribution in [3.63, 3.8) is 0 Å². The molecule has 3 rings (SSSR count). The molecule has 0 spiro atoms. The monoisotopic (exact) mass is 242 g/mol. The highest BCUT2D eigenvalue weighted by Gasteiger charge is 2.22. The predicted molar refractivity (Wildman–Crippen MR) is 70.1 cm³/mol. The third-order valence-corrected chi connectivity index (χ3v) is 3.58. The molecule has 0 aliphatic carbocycles. The molecular weight excluding hydrogens is 224 g/mol. The summed E-state index contributed by atoms with van der Waals surface area (Å²) in [6.45, 7) is 3.21. The van der Waals surface area contributed by atoms with Gasteiger partial charge < -0.3 is 0 Å². The molecular formula is C14H18N4. The summed E-state index contributed by atoms with van der Waals surface area (Å²) < 4.78 is 0. The van der Waals surface area contributed by atoms with Crippen LogP contribution in [0.5, 0.6) is 0 Å². The molecule has 0 aromatic carbocycles. The van der Waals surface area contributed by atoms with Crippen LogP contribution in [-0.4, -0.2) is 33.2 Å². The number of hydrogen-bond acceptors (Lipinski definition) is 3. The topological polar surface area (TPSA) is 44.8 Å². The lowest BCUT2D eigenvalue weighted by atomic mass is 9.95. The first-order chi connectivity index (χ1) is 8.92. The molecule has 1 fully saturated rings. The number of hydrogen-bond donors (Lipinski definition) is 1. The van der Waals surface area contributed by atoms with Crippen LogP contribution in [0.15, 0.2) is 36.7 Å². The molecule has 1 atom stereocenters. The molecule has 2 aromatic heterocycles. The molecule has 1 N–H and O–H groups in total. The number of nitrogens with zero attached hydrogens (tertiary/aromatic N) is 3. The molecule has 1 aliphatic rings. The van der Waals surface area contributed by atoms with Gasteiger partial charge in [-0.15, -0.1) is 0 Å². The van der Waals surface area contributed by atoms with Crippen molar-refractivity contribution >= 4 is 0 Å². The minimum atomic E-state index is 0.588. The number of aromatic amines is 1. The Kier molecular flexibility index (Phi) is 3.37. The van der Waals surface area contributed by atoms with E-state index in [1.807, 2.05) is 18.5 Å². The van der Waals surface area contributed by atoms with Gasteiger partial charge in [0, 0.05) is 37.1 Å². The quantitative estimate of drug-likeness (QED) is 0.897. The Morgan fingerprint density at radius 2 is 2.28 bits per heavy atom. The van der Waals surface area contributed by atoms with Crippen molar-refractivity contribution in [3.8, 4) is 0 Å². The average Bonchev–Trinajstić information content (AvgIpc) is 2.94. The van der Waals surface area contributed by atoms with Gasteiger partial charge in [-0.05, 0) is 37.6 Å². The molecule has 0 amide bonds. The molecule has 0 radical (unpaired) electrons. The molecule has 0 bridgehead atoms. The van der Waals surface area contributed by atoms with E-state index < -0.39 is 0 Å². The van der Waals surface area contributed by atoms with E-state index in [-0.39, 0.29) is 0 Å². The van der Waals surface area contributed by atoms with Gasteiger partial charge in [-0.25, -0.2) is 0 Å². The van der Waals surface area contributed by atoms with Crippen LogP contribution in [-0.2, 0) is 6.54 Å². The first-order valence-electron chi connectivity index (χ1n) is 6.53. The van der Waals surface area contributed by atoms with Gasteiger partial charge in [0.05, 0.1) is 5.69 Å². The lowest BCUT2D eigenvalue weighted by molar-refractivity contribution is 0.196.